The van der Waals surface area contributed by atoms with Crippen LogP contribution >= 0.6 is 0 Å². The Kier molecular flexibility index (Phi) is 6.97. The van der Waals surface area contributed by atoms with Crippen molar-refractivity contribution in [2.75, 3.05) is 5.73 Å². The molecular formula is C28H33N5O3. The molecular weight excluding hydrogens is 454 g/mol. The first kappa shape index (κ1) is 25.2. The maximum Gasteiger partial charge on any atom is 0.268 e. The van der Waals surface area contributed by atoms with Gasteiger partial charge in [-0.05, 0) is 49.0 Å². The molecule has 8 nitrogen and oxygen atoms in total. The Bertz CT molecular complexity index is 1260. The second-order valence-corrected chi connectivity index (χ2v) is 10.3. The van der Waals surface area contributed by atoms with Crippen molar-refractivity contribution >= 4 is 23.4 Å². The number of nitrogens with one attached hydrogen (secondary N) is 3. The highest BCUT2D eigenvalue weighted by atomic mass is 16.2. The number of Topliss-reactive ketones (excluding diaryl/α,β-unsaturated/α-hetero) is 1. The number of ketones is 1. The fourth-order valence-corrected chi connectivity index (χ4v) is 4.79. The van der Waals surface area contributed by atoms with E-state index in [1.54, 1.807) is 19.1 Å². The Morgan fingerprint density at radius 2 is 1.89 bits per heavy atom. The average Bonchev–Trinajstić information content (AvgIpc) is 2.82. The minimum Gasteiger partial charge on any atom is -0.384 e. The fourth-order valence-electron chi connectivity index (χ4n) is 4.79. The number of hydrogen-bond donors (Lipinski definition) is 4. The molecule has 1 aliphatic heterocycles. The lowest BCUT2D eigenvalue weighted by molar-refractivity contribution is -0.127. The molecule has 4 rings (SSSR count). The van der Waals surface area contributed by atoms with E-state index < -0.39 is 11.9 Å². The topological polar surface area (TPSA) is 126 Å². The lowest BCUT2D eigenvalue weighted by atomic mass is 9.70. The zero-order chi connectivity index (χ0) is 26.0. The van der Waals surface area contributed by atoms with Crippen molar-refractivity contribution < 1.29 is 14.4 Å². The van der Waals surface area contributed by atoms with Crippen LogP contribution in [-0.4, -0.2) is 28.6 Å². The summed E-state index contributed by atoms with van der Waals surface area (Å²) in [5.41, 5.74) is 9.86. The number of anilines is 1. The third-order valence-corrected chi connectivity index (χ3v) is 6.66. The third kappa shape index (κ3) is 5.48. The molecule has 0 fully saturated rings. The van der Waals surface area contributed by atoms with E-state index in [4.69, 9.17) is 5.73 Å². The van der Waals surface area contributed by atoms with Gasteiger partial charge in [0.05, 0.1) is 0 Å². The van der Waals surface area contributed by atoms with E-state index in [1.807, 2.05) is 43.3 Å². The molecule has 1 aromatic heterocycles. The van der Waals surface area contributed by atoms with Crippen molar-refractivity contribution in [3.8, 4) is 0 Å². The maximum atomic E-state index is 13.2. The highest BCUT2D eigenvalue weighted by Crippen LogP contribution is 2.43. The van der Waals surface area contributed by atoms with E-state index >= 15 is 0 Å². The van der Waals surface area contributed by atoms with Gasteiger partial charge in [-0.2, -0.15) is 0 Å². The first-order chi connectivity index (χ1) is 17.0. The van der Waals surface area contributed by atoms with Crippen molar-refractivity contribution in [3.63, 3.8) is 0 Å². The van der Waals surface area contributed by atoms with Crippen LogP contribution in [0.5, 0.6) is 0 Å². The van der Waals surface area contributed by atoms with Crippen LogP contribution in [0.4, 0.5) is 5.82 Å². The quantitative estimate of drug-likeness (QED) is 0.496. The Morgan fingerprint density at radius 1 is 1.17 bits per heavy atom. The standard InChI is InChI=1S/C28H33N5O3/c1-16-19(10-11-24(29)31-16)15-30-26(35)17(2)32-27(36)21-12-20(18-8-6-5-7-9-18)25-22(33-21)13-28(3,4)14-23(25)34/h5-12,17,20,33H,13-15H2,1-4H3,(H2,29,31)(H,30,35)(H,32,36)/t17-,20?/m0/s1. The largest absolute Gasteiger partial charge is 0.384 e. The number of benzene rings is 1. The molecule has 36 heavy (non-hydrogen) atoms. The summed E-state index contributed by atoms with van der Waals surface area (Å²) in [6.45, 7) is 7.85. The Labute approximate surface area is 211 Å². The van der Waals surface area contributed by atoms with E-state index in [-0.39, 0.29) is 29.6 Å². The highest BCUT2D eigenvalue weighted by Gasteiger charge is 2.39. The summed E-state index contributed by atoms with van der Waals surface area (Å²) < 4.78 is 0. The zero-order valence-corrected chi connectivity index (χ0v) is 21.1. The first-order valence-corrected chi connectivity index (χ1v) is 12.1. The monoisotopic (exact) mass is 487 g/mol. The molecule has 188 valence electrons. The first-order valence-electron chi connectivity index (χ1n) is 12.1. The summed E-state index contributed by atoms with van der Waals surface area (Å²) in [7, 11) is 0. The second kappa shape index (κ2) is 9.97. The molecule has 2 aliphatic rings. The number of allylic oxidation sites excluding steroid dienone is 3. The predicted molar refractivity (Wildman–Crippen MR) is 138 cm³/mol. The molecule has 2 amide bonds. The van der Waals surface area contributed by atoms with E-state index in [0.717, 1.165) is 28.1 Å². The molecule has 1 aliphatic carbocycles. The highest BCUT2D eigenvalue weighted by molar-refractivity contribution is 6.02. The van der Waals surface area contributed by atoms with Gasteiger partial charge in [-0.1, -0.05) is 50.2 Å². The van der Waals surface area contributed by atoms with Crippen LogP contribution in [0.15, 0.2) is 65.5 Å². The van der Waals surface area contributed by atoms with E-state index in [0.29, 0.717) is 24.4 Å². The second-order valence-electron chi connectivity index (χ2n) is 10.3. The van der Waals surface area contributed by atoms with Crippen LogP contribution in [0.2, 0.25) is 0 Å². The SMILES string of the molecule is Cc1nc(N)ccc1CNC(=O)[C@H](C)NC(=O)C1=CC(c2ccccc2)C2=C(CC(C)(C)CC2=O)N1. The summed E-state index contributed by atoms with van der Waals surface area (Å²) in [4.78, 5) is 43.2. The Hall–Kier alpha value is -3.94. The maximum absolute atomic E-state index is 13.2. The number of nitrogens with zero attached hydrogens (tertiary/aromatic N) is 1. The van der Waals surface area contributed by atoms with Crippen molar-refractivity contribution in [2.45, 2.75) is 59.0 Å². The van der Waals surface area contributed by atoms with Gasteiger partial charge in [-0.25, -0.2) is 4.98 Å². The summed E-state index contributed by atoms with van der Waals surface area (Å²) >= 11 is 0. The van der Waals surface area contributed by atoms with Crippen molar-refractivity contribution in [1.29, 1.82) is 0 Å². The Morgan fingerprint density at radius 3 is 2.58 bits per heavy atom. The van der Waals surface area contributed by atoms with Crippen LogP contribution in [0.1, 0.15) is 56.4 Å². The normalized spacial score (nSPS) is 19.5. The molecule has 2 atom stereocenters. The smallest absolute Gasteiger partial charge is 0.268 e. The zero-order valence-electron chi connectivity index (χ0n) is 21.1. The lowest BCUT2D eigenvalue weighted by Gasteiger charge is -2.37. The molecule has 0 bridgehead atoms. The number of aryl methyl sites for hydroxylation is 1. The molecule has 0 saturated carbocycles. The fraction of sp³-hybridized carbons (Fsp3) is 0.357. The van der Waals surface area contributed by atoms with Crippen molar-refractivity contribution in [3.05, 3.63) is 82.3 Å². The van der Waals surface area contributed by atoms with Crippen LogP contribution in [-0.2, 0) is 20.9 Å². The number of rotatable bonds is 6. The van der Waals surface area contributed by atoms with Gasteiger partial charge in [-0.15, -0.1) is 0 Å². The predicted octanol–water partition coefficient (Wildman–Crippen LogP) is 3.01. The van der Waals surface area contributed by atoms with Gasteiger partial charge in [0.25, 0.3) is 5.91 Å². The van der Waals surface area contributed by atoms with Gasteiger partial charge in [0.2, 0.25) is 5.91 Å². The molecule has 5 N–H and O–H groups in total. The Balaban J connectivity index is 1.49. The van der Waals surface area contributed by atoms with Crippen LogP contribution in [0, 0.1) is 12.3 Å². The van der Waals surface area contributed by atoms with Crippen LogP contribution in [0.25, 0.3) is 0 Å². The van der Waals surface area contributed by atoms with E-state index in [2.05, 4.69) is 34.8 Å². The number of dihydropyridines is 1. The number of aromatic nitrogens is 1. The van der Waals surface area contributed by atoms with Gasteiger partial charge in [0.15, 0.2) is 5.78 Å². The van der Waals surface area contributed by atoms with Crippen LogP contribution < -0.4 is 21.7 Å². The third-order valence-electron chi connectivity index (χ3n) is 6.66. The molecule has 0 saturated heterocycles. The number of carbonyl (C=O) groups excluding carboxylic acids is 3. The molecule has 1 unspecified atom stereocenters. The molecule has 0 spiro atoms. The number of nitrogen functional groups attached to an aromatic ring is 1. The number of nitrogens with two attached hydrogens (primary N) is 1. The number of hydrogen-bond acceptors (Lipinski definition) is 6. The number of carbonyl (C=O) groups is 3. The van der Waals surface area contributed by atoms with Gasteiger partial charge < -0.3 is 21.7 Å². The molecule has 2 aromatic rings. The lowest BCUT2D eigenvalue weighted by Crippen LogP contribution is -2.47. The van der Waals surface area contributed by atoms with Gasteiger partial charge in [0, 0.05) is 35.8 Å². The molecule has 8 heteroatoms. The summed E-state index contributed by atoms with van der Waals surface area (Å²) in [6, 6.07) is 12.4. The average molecular weight is 488 g/mol. The van der Waals surface area contributed by atoms with Crippen molar-refractivity contribution in [2.24, 2.45) is 5.41 Å². The van der Waals surface area contributed by atoms with Gasteiger partial charge >= 0.3 is 0 Å². The molecule has 2 heterocycles. The van der Waals surface area contributed by atoms with Crippen molar-refractivity contribution in [1.82, 2.24) is 20.9 Å². The molecule has 1 aromatic carbocycles. The summed E-state index contributed by atoms with van der Waals surface area (Å²) in [6.07, 6.45) is 2.91. The summed E-state index contributed by atoms with van der Waals surface area (Å²) in [5.74, 6) is -0.516. The summed E-state index contributed by atoms with van der Waals surface area (Å²) in [5, 5.41) is 8.83. The minimum absolute atomic E-state index is 0.0958. The van der Waals surface area contributed by atoms with Gasteiger partial charge in [0.1, 0.15) is 17.6 Å². The minimum atomic E-state index is -0.766. The van der Waals surface area contributed by atoms with Gasteiger partial charge in [-0.3, -0.25) is 14.4 Å². The van der Waals surface area contributed by atoms with E-state index in [9.17, 15) is 14.4 Å². The number of pyridine rings is 1. The molecule has 0 radical (unpaired) electrons. The van der Waals surface area contributed by atoms with Crippen LogP contribution in [0.3, 0.4) is 0 Å². The van der Waals surface area contributed by atoms with E-state index in [1.165, 1.54) is 0 Å². The number of amides is 2.